The molecule has 0 bridgehead atoms. The SMILES string of the molecule is COc1cc2c(cc1OC)CN(C(=O)CCNc1ccccc1OC(C)C)CC2. The van der Waals surface area contributed by atoms with Gasteiger partial charge < -0.3 is 24.4 Å². The smallest absolute Gasteiger partial charge is 0.224 e. The minimum Gasteiger partial charge on any atom is -0.493 e. The van der Waals surface area contributed by atoms with E-state index in [-0.39, 0.29) is 12.0 Å². The van der Waals surface area contributed by atoms with Crippen molar-refractivity contribution in [3.8, 4) is 17.2 Å². The molecule has 0 saturated heterocycles. The number of nitrogens with one attached hydrogen (secondary N) is 1. The maximum atomic E-state index is 12.7. The van der Waals surface area contributed by atoms with E-state index in [9.17, 15) is 4.79 Å². The molecule has 3 rings (SSSR count). The largest absolute Gasteiger partial charge is 0.493 e. The predicted molar refractivity (Wildman–Crippen MR) is 114 cm³/mol. The van der Waals surface area contributed by atoms with Gasteiger partial charge in [0, 0.05) is 26.1 Å². The summed E-state index contributed by atoms with van der Waals surface area (Å²) in [7, 11) is 3.27. The molecule has 2 aromatic rings. The Kier molecular flexibility index (Phi) is 6.86. The van der Waals surface area contributed by atoms with Crippen molar-refractivity contribution in [3.63, 3.8) is 0 Å². The lowest BCUT2D eigenvalue weighted by Gasteiger charge is -2.30. The summed E-state index contributed by atoms with van der Waals surface area (Å²) in [5, 5.41) is 3.33. The molecule has 1 N–H and O–H groups in total. The van der Waals surface area contributed by atoms with Gasteiger partial charge in [0.1, 0.15) is 5.75 Å². The standard InChI is InChI=1S/C23H30N2O4/c1-16(2)29-20-8-6-5-7-19(20)24-11-9-23(26)25-12-10-17-13-21(27-3)22(28-4)14-18(17)15-25/h5-8,13-14,16,24H,9-12,15H2,1-4H3. The number of carbonyl (C=O) groups is 1. The van der Waals surface area contributed by atoms with Crippen LogP contribution >= 0.6 is 0 Å². The number of nitrogens with zero attached hydrogens (tertiary/aromatic N) is 1. The fourth-order valence-corrected chi connectivity index (χ4v) is 3.53. The zero-order valence-corrected chi connectivity index (χ0v) is 17.7. The number of ether oxygens (including phenoxy) is 3. The predicted octanol–water partition coefficient (Wildman–Crippen LogP) is 3.88. The van der Waals surface area contributed by atoms with Gasteiger partial charge in [-0.3, -0.25) is 4.79 Å². The fourth-order valence-electron chi connectivity index (χ4n) is 3.53. The molecule has 6 heteroatoms. The second-order valence-corrected chi connectivity index (χ2v) is 7.38. The molecule has 0 saturated carbocycles. The van der Waals surface area contributed by atoms with Gasteiger partial charge >= 0.3 is 0 Å². The van der Waals surface area contributed by atoms with Gasteiger partial charge in [0.25, 0.3) is 0 Å². The number of para-hydroxylation sites is 2. The van der Waals surface area contributed by atoms with E-state index in [1.165, 1.54) is 5.56 Å². The van der Waals surface area contributed by atoms with Crippen LogP contribution in [0.25, 0.3) is 0 Å². The number of amides is 1. The van der Waals surface area contributed by atoms with E-state index in [0.717, 1.165) is 29.2 Å². The first-order valence-electron chi connectivity index (χ1n) is 10.0. The molecular weight excluding hydrogens is 368 g/mol. The summed E-state index contributed by atoms with van der Waals surface area (Å²) in [6, 6.07) is 11.8. The third kappa shape index (κ3) is 5.13. The van der Waals surface area contributed by atoms with Crippen molar-refractivity contribution in [1.29, 1.82) is 0 Å². The molecule has 29 heavy (non-hydrogen) atoms. The fraction of sp³-hybridized carbons (Fsp3) is 0.435. The molecule has 1 amide bonds. The lowest BCUT2D eigenvalue weighted by Crippen LogP contribution is -2.36. The van der Waals surface area contributed by atoms with Crippen LogP contribution in [-0.4, -0.2) is 44.2 Å². The van der Waals surface area contributed by atoms with Crippen molar-refractivity contribution in [2.45, 2.75) is 39.3 Å². The average molecular weight is 399 g/mol. The molecule has 0 radical (unpaired) electrons. The third-order valence-electron chi connectivity index (χ3n) is 4.97. The van der Waals surface area contributed by atoms with Crippen LogP contribution in [0.2, 0.25) is 0 Å². The van der Waals surface area contributed by atoms with E-state index in [1.54, 1.807) is 14.2 Å². The first-order chi connectivity index (χ1) is 14.0. The lowest BCUT2D eigenvalue weighted by molar-refractivity contribution is -0.131. The zero-order valence-electron chi connectivity index (χ0n) is 17.7. The molecule has 0 atom stereocenters. The van der Waals surface area contributed by atoms with Crippen LogP contribution in [0, 0.1) is 0 Å². The summed E-state index contributed by atoms with van der Waals surface area (Å²) in [5.41, 5.74) is 3.24. The number of rotatable bonds is 8. The minimum absolute atomic E-state index is 0.101. The summed E-state index contributed by atoms with van der Waals surface area (Å²) in [6.45, 7) is 5.88. The van der Waals surface area contributed by atoms with Crippen LogP contribution in [0.1, 0.15) is 31.4 Å². The molecule has 0 fully saturated rings. The van der Waals surface area contributed by atoms with E-state index in [0.29, 0.717) is 31.8 Å². The van der Waals surface area contributed by atoms with Crippen LogP contribution in [0.4, 0.5) is 5.69 Å². The highest BCUT2D eigenvalue weighted by Crippen LogP contribution is 2.33. The van der Waals surface area contributed by atoms with Crippen molar-refractivity contribution in [3.05, 3.63) is 47.5 Å². The molecular formula is C23H30N2O4. The number of hydrogen-bond donors (Lipinski definition) is 1. The van der Waals surface area contributed by atoms with E-state index in [2.05, 4.69) is 5.32 Å². The molecule has 1 aliphatic rings. The van der Waals surface area contributed by atoms with Crippen molar-refractivity contribution in [2.75, 3.05) is 32.6 Å². The van der Waals surface area contributed by atoms with Crippen molar-refractivity contribution >= 4 is 11.6 Å². The van der Waals surface area contributed by atoms with Crippen LogP contribution in [0.5, 0.6) is 17.2 Å². The molecule has 6 nitrogen and oxygen atoms in total. The van der Waals surface area contributed by atoms with Crippen LogP contribution in [-0.2, 0) is 17.8 Å². The molecule has 0 aliphatic carbocycles. The van der Waals surface area contributed by atoms with Crippen LogP contribution in [0.15, 0.2) is 36.4 Å². The van der Waals surface area contributed by atoms with Gasteiger partial charge in [-0.15, -0.1) is 0 Å². The highest BCUT2D eigenvalue weighted by atomic mass is 16.5. The molecule has 0 aromatic heterocycles. The summed E-state index contributed by atoms with van der Waals surface area (Å²) < 4.78 is 16.6. The van der Waals surface area contributed by atoms with E-state index in [1.807, 2.05) is 55.1 Å². The number of benzene rings is 2. The van der Waals surface area contributed by atoms with Gasteiger partial charge in [-0.2, -0.15) is 0 Å². The lowest BCUT2D eigenvalue weighted by atomic mass is 9.98. The Hall–Kier alpha value is -2.89. The summed E-state index contributed by atoms with van der Waals surface area (Å²) in [4.78, 5) is 14.6. The highest BCUT2D eigenvalue weighted by molar-refractivity contribution is 5.77. The quantitative estimate of drug-likeness (QED) is 0.731. The Bertz CT molecular complexity index is 851. The van der Waals surface area contributed by atoms with Gasteiger partial charge in [0.2, 0.25) is 5.91 Å². The maximum absolute atomic E-state index is 12.7. The molecule has 156 valence electrons. The van der Waals surface area contributed by atoms with E-state index in [4.69, 9.17) is 14.2 Å². The normalized spacial score (nSPS) is 13.1. The molecule has 2 aromatic carbocycles. The molecule has 1 heterocycles. The summed E-state index contributed by atoms with van der Waals surface area (Å²) in [6.07, 6.45) is 1.35. The number of hydrogen-bond acceptors (Lipinski definition) is 5. The number of anilines is 1. The second kappa shape index (κ2) is 9.54. The average Bonchev–Trinajstić information content (AvgIpc) is 2.73. The van der Waals surface area contributed by atoms with Gasteiger partial charge in [0.05, 0.1) is 26.0 Å². The summed E-state index contributed by atoms with van der Waals surface area (Å²) in [5.74, 6) is 2.38. The Labute approximate surface area is 172 Å². The minimum atomic E-state index is 0.101. The van der Waals surface area contributed by atoms with Crippen molar-refractivity contribution in [2.24, 2.45) is 0 Å². The Morgan fingerprint density at radius 3 is 2.45 bits per heavy atom. The second-order valence-electron chi connectivity index (χ2n) is 7.38. The first kappa shape index (κ1) is 20.8. The van der Waals surface area contributed by atoms with Crippen molar-refractivity contribution < 1.29 is 19.0 Å². The molecule has 0 spiro atoms. The monoisotopic (exact) mass is 398 g/mol. The molecule has 1 aliphatic heterocycles. The van der Waals surface area contributed by atoms with Crippen molar-refractivity contribution in [1.82, 2.24) is 4.90 Å². The van der Waals surface area contributed by atoms with Gasteiger partial charge in [0.15, 0.2) is 11.5 Å². The van der Waals surface area contributed by atoms with Crippen LogP contribution < -0.4 is 19.5 Å². The Balaban J connectivity index is 1.58. The number of fused-ring (bicyclic) bond motifs is 1. The number of methoxy groups -OCH3 is 2. The van der Waals surface area contributed by atoms with Gasteiger partial charge in [-0.05, 0) is 55.7 Å². The van der Waals surface area contributed by atoms with Gasteiger partial charge in [-0.1, -0.05) is 12.1 Å². The highest BCUT2D eigenvalue weighted by Gasteiger charge is 2.22. The third-order valence-corrected chi connectivity index (χ3v) is 4.97. The van der Waals surface area contributed by atoms with E-state index < -0.39 is 0 Å². The van der Waals surface area contributed by atoms with Gasteiger partial charge in [-0.25, -0.2) is 0 Å². The maximum Gasteiger partial charge on any atom is 0.224 e. The topological polar surface area (TPSA) is 60.0 Å². The molecule has 0 unspecified atom stereocenters. The number of carbonyl (C=O) groups excluding carboxylic acids is 1. The first-order valence-corrected chi connectivity index (χ1v) is 10.0. The Morgan fingerprint density at radius 2 is 1.76 bits per heavy atom. The zero-order chi connectivity index (χ0) is 20.8. The van der Waals surface area contributed by atoms with Crippen LogP contribution in [0.3, 0.4) is 0 Å². The Morgan fingerprint density at radius 1 is 1.07 bits per heavy atom. The summed E-state index contributed by atoms with van der Waals surface area (Å²) >= 11 is 0. The van der Waals surface area contributed by atoms with E-state index >= 15 is 0 Å².